The lowest BCUT2D eigenvalue weighted by molar-refractivity contribution is -0.123. The number of aryl methyl sites for hydroxylation is 1. The van der Waals surface area contributed by atoms with Crippen molar-refractivity contribution >= 4 is 41.3 Å². The molecule has 0 fully saturated rings. The number of esters is 1. The molecular formula is C21H22N2O6S. The topological polar surface area (TPSA) is 111 Å². The zero-order valence-corrected chi connectivity index (χ0v) is 17.4. The number of ether oxygens (including phenoxy) is 2. The lowest BCUT2D eigenvalue weighted by Crippen LogP contribution is -2.34. The van der Waals surface area contributed by atoms with Crippen LogP contribution in [0.15, 0.2) is 53.4 Å². The van der Waals surface area contributed by atoms with E-state index in [1.807, 2.05) is 36.5 Å². The maximum atomic E-state index is 12.3. The predicted octanol–water partition coefficient (Wildman–Crippen LogP) is 3.16. The summed E-state index contributed by atoms with van der Waals surface area (Å²) in [5, 5.41) is 4.72. The van der Waals surface area contributed by atoms with Crippen molar-refractivity contribution in [1.29, 1.82) is 0 Å². The molecule has 2 N–H and O–H groups in total. The molecule has 2 aromatic rings. The van der Waals surface area contributed by atoms with Gasteiger partial charge in [0.1, 0.15) is 0 Å². The Labute approximate surface area is 178 Å². The molecule has 2 rings (SSSR count). The van der Waals surface area contributed by atoms with E-state index in [-0.39, 0.29) is 23.8 Å². The predicted molar refractivity (Wildman–Crippen MR) is 112 cm³/mol. The molecule has 0 unspecified atom stereocenters. The van der Waals surface area contributed by atoms with Crippen LogP contribution in [0.4, 0.5) is 10.5 Å². The van der Waals surface area contributed by atoms with Crippen molar-refractivity contribution in [1.82, 2.24) is 5.32 Å². The normalized spacial score (nSPS) is 10.1. The van der Waals surface area contributed by atoms with Crippen molar-refractivity contribution in [3.63, 3.8) is 0 Å². The summed E-state index contributed by atoms with van der Waals surface area (Å²) in [5.74, 6) is -1.68. The third kappa shape index (κ3) is 7.59. The fraction of sp³-hybridized carbons (Fsp3) is 0.238. The van der Waals surface area contributed by atoms with Crippen molar-refractivity contribution in [3.8, 4) is 0 Å². The molecule has 158 valence electrons. The summed E-state index contributed by atoms with van der Waals surface area (Å²) in [7, 11) is 0. The molecular weight excluding hydrogens is 408 g/mol. The summed E-state index contributed by atoms with van der Waals surface area (Å²) in [6, 6.07) is 14.0. The Morgan fingerprint density at radius 2 is 1.63 bits per heavy atom. The van der Waals surface area contributed by atoms with Crippen LogP contribution in [0.5, 0.6) is 0 Å². The number of thioether (sulfide) groups is 1. The van der Waals surface area contributed by atoms with Crippen LogP contribution >= 0.6 is 11.8 Å². The van der Waals surface area contributed by atoms with Gasteiger partial charge in [0.2, 0.25) is 5.91 Å². The minimum Gasteiger partial charge on any atom is -0.452 e. The number of anilines is 1. The van der Waals surface area contributed by atoms with E-state index in [1.54, 1.807) is 25.1 Å². The van der Waals surface area contributed by atoms with Crippen molar-refractivity contribution in [2.75, 3.05) is 24.3 Å². The van der Waals surface area contributed by atoms with Gasteiger partial charge in [-0.05, 0) is 38.1 Å². The van der Waals surface area contributed by atoms with Crippen molar-refractivity contribution in [3.05, 3.63) is 59.7 Å². The third-order valence-electron chi connectivity index (χ3n) is 3.65. The van der Waals surface area contributed by atoms with Gasteiger partial charge in [-0.3, -0.25) is 14.9 Å². The van der Waals surface area contributed by atoms with E-state index in [1.165, 1.54) is 17.8 Å². The third-order valence-corrected chi connectivity index (χ3v) is 4.73. The summed E-state index contributed by atoms with van der Waals surface area (Å²) in [4.78, 5) is 47.8. The molecule has 0 aromatic heterocycles. The number of benzene rings is 2. The highest BCUT2D eigenvalue weighted by Crippen LogP contribution is 2.23. The summed E-state index contributed by atoms with van der Waals surface area (Å²) in [5.41, 5.74) is 1.99. The molecule has 0 atom stereocenters. The minimum atomic E-state index is -0.908. The average molecular weight is 430 g/mol. The Balaban J connectivity index is 1.89. The molecule has 8 nitrogen and oxygen atoms in total. The van der Waals surface area contributed by atoms with E-state index in [9.17, 15) is 19.2 Å². The summed E-state index contributed by atoms with van der Waals surface area (Å²) in [6.07, 6.45) is -0.908. The van der Waals surface area contributed by atoms with Crippen molar-refractivity contribution in [2.24, 2.45) is 0 Å². The monoisotopic (exact) mass is 430 g/mol. The fourth-order valence-corrected chi connectivity index (χ4v) is 3.10. The van der Waals surface area contributed by atoms with Gasteiger partial charge < -0.3 is 14.8 Å². The first-order chi connectivity index (χ1) is 14.4. The number of amides is 3. The van der Waals surface area contributed by atoms with Gasteiger partial charge in [0.15, 0.2) is 6.61 Å². The number of rotatable bonds is 8. The molecule has 0 bridgehead atoms. The first kappa shape index (κ1) is 23.0. The highest BCUT2D eigenvalue weighted by atomic mass is 32.2. The van der Waals surface area contributed by atoms with E-state index in [0.29, 0.717) is 10.6 Å². The van der Waals surface area contributed by atoms with Gasteiger partial charge in [0, 0.05) is 10.6 Å². The van der Waals surface area contributed by atoms with Gasteiger partial charge in [0.25, 0.3) is 5.91 Å². The van der Waals surface area contributed by atoms with Gasteiger partial charge in [-0.15, -0.1) is 11.8 Å². The van der Waals surface area contributed by atoms with Gasteiger partial charge in [-0.1, -0.05) is 29.8 Å². The molecule has 0 heterocycles. The van der Waals surface area contributed by atoms with Crippen LogP contribution in [0.3, 0.4) is 0 Å². The van der Waals surface area contributed by atoms with Crippen LogP contribution in [0, 0.1) is 6.92 Å². The molecule has 0 spiro atoms. The molecule has 0 saturated heterocycles. The van der Waals surface area contributed by atoms with E-state index in [0.717, 1.165) is 5.56 Å². The lowest BCUT2D eigenvalue weighted by Gasteiger charge is -2.10. The summed E-state index contributed by atoms with van der Waals surface area (Å²) >= 11 is 1.17. The molecule has 0 aliphatic rings. The molecule has 0 aliphatic carbocycles. The largest absolute Gasteiger partial charge is 0.452 e. The number of nitrogens with one attached hydrogen (secondary N) is 2. The molecule has 0 saturated carbocycles. The maximum absolute atomic E-state index is 12.3. The lowest BCUT2D eigenvalue weighted by atomic mass is 10.2. The Kier molecular flexibility index (Phi) is 8.89. The molecule has 0 aliphatic heterocycles. The van der Waals surface area contributed by atoms with Crippen molar-refractivity contribution in [2.45, 2.75) is 18.7 Å². The molecule has 30 heavy (non-hydrogen) atoms. The van der Waals surface area contributed by atoms with E-state index < -0.39 is 24.6 Å². The Morgan fingerprint density at radius 1 is 0.933 bits per heavy atom. The Hall–Kier alpha value is -3.33. The second kappa shape index (κ2) is 11.6. The second-order valence-corrected chi connectivity index (χ2v) is 7.06. The van der Waals surface area contributed by atoms with Crippen LogP contribution in [0.2, 0.25) is 0 Å². The molecule has 0 radical (unpaired) electrons. The first-order valence-electron chi connectivity index (χ1n) is 9.11. The van der Waals surface area contributed by atoms with Crippen molar-refractivity contribution < 1.29 is 28.7 Å². The van der Waals surface area contributed by atoms with Gasteiger partial charge in [-0.25, -0.2) is 9.59 Å². The van der Waals surface area contributed by atoms with Crippen LogP contribution in [0.1, 0.15) is 22.8 Å². The SMILES string of the molecule is CCOC(=O)NC(=O)COC(=O)c1ccccc1SCC(=O)Nc1ccc(C)cc1. The van der Waals surface area contributed by atoms with E-state index in [4.69, 9.17) is 4.74 Å². The highest BCUT2D eigenvalue weighted by molar-refractivity contribution is 8.00. The summed E-state index contributed by atoms with van der Waals surface area (Å²) < 4.78 is 9.52. The van der Waals surface area contributed by atoms with E-state index >= 15 is 0 Å². The smallest absolute Gasteiger partial charge is 0.413 e. The number of alkyl carbamates (subject to hydrolysis) is 1. The van der Waals surface area contributed by atoms with Crippen LogP contribution in [0.25, 0.3) is 0 Å². The molecule has 9 heteroatoms. The number of hydrogen-bond donors (Lipinski definition) is 2. The first-order valence-corrected chi connectivity index (χ1v) is 10.1. The minimum absolute atomic E-state index is 0.0848. The second-order valence-electron chi connectivity index (χ2n) is 6.04. The standard InChI is InChI=1S/C21H22N2O6S/c1-3-28-21(27)23-18(24)12-29-20(26)16-6-4-5-7-17(16)30-13-19(25)22-15-10-8-14(2)9-11-15/h4-11H,3,12-13H2,1-2H3,(H,22,25)(H,23,24,27). The van der Waals surface area contributed by atoms with Gasteiger partial charge in [-0.2, -0.15) is 0 Å². The molecule has 3 amide bonds. The van der Waals surface area contributed by atoms with Gasteiger partial charge >= 0.3 is 12.1 Å². The van der Waals surface area contributed by atoms with E-state index in [2.05, 4.69) is 10.1 Å². The van der Waals surface area contributed by atoms with Crippen LogP contribution in [-0.2, 0) is 19.1 Å². The van der Waals surface area contributed by atoms with Crippen LogP contribution in [-0.4, -0.2) is 42.8 Å². The zero-order chi connectivity index (χ0) is 21.9. The number of hydrogen-bond acceptors (Lipinski definition) is 7. The number of carbonyl (C=O) groups is 4. The maximum Gasteiger partial charge on any atom is 0.413 e. The number of carbonyl (C=O) groups excluding carboxylic acids is 4. The Morgan fingerprint density at radius 3 is 2.33 bits per heavy atom. The molecule has 2 aromatic carbocycles. The fourth-order valence-electron chi connectivity index (χ4n) is 2.26. The summed E-state index contributed by atoms with van der Waals surface area (Å²) in [6.45, 7) is 3.03. The Bertz CT molecular complexity index is 914. The number of imide groups is 1. The zero-order valence-electron chi connectivity index (χ0n) is 16.6. The van der Waals surface area contributed by atoms with Gasteiger partial charge in [0.05, 0.1) is 17.9 Å². The van der Waals surface area contributed by atoms with Crippen LogP contribution < -0.4 is 10.6 Å². The quantitative estimate of drug-likeness (QED) is 0.489. The average Bonchev–Trinajstić information content (AvgIpc) is 2.72. The highest BCUT2D eigenvalue weighted by Gasteiger charge is 2.17.